The highest BCUT2D eigenvalue weighted by Crippen LogP contribution is 2.27. The first-order chi connectivity index (χ1) is 13.1. The van der Waals surface area contributed by atoms with Crippen LogP contribution in [0, 0.1) is 11.3 Å². The van der Waals surface area contributed by atoms with Crippen molar-refractivity contribution in [1.29, 1.82) is 5.26 Å². The van der Waals surface area contributed by atoms with E-state index in [-0.39, 0.29) is 6.42 Å². The van der Waals surface area contributed by atoms with Crippen LogP contribution in [0.25, 0.3) is 22.4 Å². The van der Waals surface area contributed by atoms with Gasteiger partial charge in [0.05, 0.1) is 23.3 Å². The van der Waals surface area contributed by atoms with Crippen LogP contribution in [0.4, 0.5) is 4.79 Å². The molecule has 0 saturated heterocycles. The highest BCUT2D eigenvalue weighted by molar-refractivity contribution is 5.84. The second kappa shape index (κ2) is 7.02. The predicted molar refractivity (Wildman–Crippen MR) is 104 cm³/mol. The van der Waals surface area contributed by atoms with Gasteiger partial charge in [-0.3, -0.25) is 4.57 Å². The Kier molecular flexibility index (Phi) is 4.87. The molecule has 0 saturated carbocycles. The SMILES string of the molecule is Cn1c(=O)oc2ccc(-c3ccc(CC(N)C#N)n3C(=O)OC(C)(C)C)cc21. The van der Waals surface area contributed by atoms with Gasteiger partial charge in [-0.25, -0.2) is 14.2 Å². The summed E-state index contributed by atoms with van der Waals surface area (Å²) in [7, 11) is 1.61. The molecule has 0 amide bonds. The number of carbonyl (C=O) groups excluding carboxylic acids is 1. The third-order valence-electron chi connectivity index (χ3n) is 4.22. The van der Waals surface area contributed by atoms with Crippen LogP contribution in [0.2, 0.25) is 0 Å². The zero-order valence-electron chi connectivity index (χ0n) is 16.2. The molecule has 28 heavy (non-hydrogen) atoms. The Bertz CT molecular complexity index is 1140. The van der Waals surface area contributed by atoms with E-state index in [1.165, 1.54) is 9.13 Å². The number of benzene rings is 1. The molecular formula is C20H22N4O4. The molecule has 2 N–H and O–H groups in total. The maximum Gasteiger partial charge on any atom is 0.419 e. The molecular weight excluding hydrogens is 360 g/mol. The van der Waals surface area contributed by atoms with Gasteiger partial charge < -0.3 is 14.9 Å². The van der Waals surface area contributed by atoms with Gasteiger partial charge in [0.2, 0.25) is 0 Å². The van der Waals surface area contributed by atoms with E-state index in [4.69, 9.17) is 20.1 Å². The molecule has 0 radical (unpaired) electrons. The largest absolute Gasteiger partial charge is 0.443 e. The van der Waals surface area contributed by atoms with Crippen molar-refractivity contribution in [1.82, 2.24) is 9.13 Å². The molecule has 146 valence electrons. The van der Waals surface area contributed by atoms with Crippen LogP contribution in [0.3, 0.4) is 0 Å². The summed E-state index contributed by atoms with van der Waals surface area (Å²) in [5.74, 6) is -0.463. The summed E-state index contributed by atoms with van der Waals surface area (Å²) in [5.41, 5.74) is 7.99. The van der Waals surface area contributed by atoms with E-state index in [2.05, 4.69) is 0 Å². The van der Waals surface area contributed by atoms with Crippen molar-refractivity contribution < 1.29 is 13.9 Å². The number of rotatable bonds is 3. The van der Waals surface area contributed by atoms with Crippen LogP contribution in [0.1, 0.15) is 26.5 Å². The van der Waals surface area contributed by atoms with Gasteiger partial charge in [0.1, 0.15) is 5.60 Å². The van der Waals surface area contributed by atoms with Crippen molar-refractivity contribution in [2.45, 2.75) is 38.8 Å². The van der Waals surface area contributed by atoms with Gasteiger partial charge in [-0.05, 0) is 51.1 Å². The number of hydrogen-bond acceptors (Lipinski definition) is 6. The first-order valence-electron chi connectivity index (χ1n) is 8.80. The molecule has 1 aromatic carbocycles. The van der Waals surface area contributed by atoms with Gasteiger partial charge in [-0.2, -0.15) is 5.26 Å². The normalized spacial score (nSPS) is 12.7. The van der Waals surface area contributed by atoms with Crippen molar-refractivity contribution in [3.8, 4) is 17.3 Å². The minimum absolute atomic E-state index is 0.197. The summed E-state index contributed by atoms with van der Waals surface area (Å²) in [4.78, 5) is 24.6. The number of nitrogens with two attached hydrogens (primary N) is 1. The molecule has 2 aromatic heterocycles. The number of hydrogen-bond donors (Lipinski definition) is 1. The summed E-state index contributed by atoms with van der Waals surface area (Å²) < 4.78 is 13.5. The zero-order chi connectivity index (χ0) is 20.6. The van der Waals surface area contributed by atoms with Crippen molar-refractivity contribution >= 4 is 17.2 Å². The average Bonchev–Trinajstić information content (AvgIpc) is 3.14. The summed E-state index contributed by atoms with van der Waals surface area (Å²) >= 11 is 0. The Morgan fingerprint density at radius 2 is 2.04 bits per heavy atom. The van der Waals surface area contributed by atoms with Crippen LogP contribution in [0.15, 0.2) is 39.5 Å². The number of aromatic nitrogens is 2. The summed E-state index contributed by atoms with van der Waals surface area (Å²) in [6.45, 7) is 5.34. The molecule has 0 aliphatic heterocycles. The summed E-state index contributed by atoms with van der Waals surface area (Å²) in [6, 6.07) is 9.94. The Morgan fingerprint density at radius 1 is 1.32 bits per heavy atom. The van der Waals surface area contributed by atoms with E-state index >= 15 is 0 Å². The Balaban J connectivity index is 2.15. The molecule has 0 spiro atoms. The number of aryl methyl sites for hydroxylation is 1. The fourth-order valence-electron chi connectivity index (χ4n) is 2.94. The fraction of sp³-hybridized carbons (Fsp3) is 0.350. The number of nitrogens with zero attached hydrogens (tertiary/aromatic N) is 3. The van der Waals surface area contributed by atoms with Crippen molar-refractivity contribution in [2.24, 2.45) is 12.8 Å². The fourth-order valence-corrected chi connectivity index (χ4v) is 2.94. The summed E-state index contributed by atoms with van der Waals surface area (Å²) in [6.07, 6.45) is -0.365. The van der Waals surface area contributed by atoms with E-state index in [9.17, 15) is 9.59 Å². The van der Waals surface area contributed by atoms with Crippen LogP contribution in [-0.2, 0) is 18.2 Å². The minimum atomic E-state index is -0.749. The molecule has 3 rings (SSSR count). The lowest BCUT2D eigenvalue weighted by Gasteiger charge is -2.22. The van der Waals surface area contributed by atoms with Crippen LogP contribution in [0.5, 0.6) is 0 Å². The quantitative estimate of drug-likeness (QED) is 0.744. The maximum absolute atomic E-state index is 12.9. The third-order valence-corrected chi connectivity index (χ3v) is 4.22. The molecule has 0 fully saturated rings. The molecule has 1 atom stereocenters. The van der Waals surface area contributed by atoms with Crippen LogP contribution >= 0.6 is 0 Å². The summed E-state index contributed by atoms with van der Waals surface area (Å²) in [5, 5.41) is 9.04. The van der Waals surface area contributed by atoms with Gasteiger partial charge >= 0.3 is 11.8 Å². The highest BCUT2D eigenvalue weighted by Gasteiger charge is 2.24. The first-order valence-corrected chi connectivity index (χ1v) is 8.80. The molecule has 0 bridgehead atoms. The highest BCUT2D eigenvalue weighted by atomic mass is 16.6. The van der Waals surface area contributed by atoms with Crippen LogP contribution < -0.4 is 11.5 Å². The molecule has 2 heterocycles. The van der Waals surface area contributed by atoms with Gasteiger partial charge in [0, 0.05) is 24.7 Å². The predicted octanol–water partition coefficient (Wildman–Crippen LogP) is 2.78. The van der Waals surface area contributed by atoms with Crippen molar-refractivity contribution in [3.05, 3.63) is 46.6 Å². The Labute approximate surface area is 161 Å². The van der Waals surface area contributed by atoms with E-state index in [1.807, 2.05) is 6.07 Å². The lowest BCUT2D eigenvalue weighted by molar-refractivity contribution is 0.0536. The Hall–Kier alpha value is -3.31. The number of carbonyl (C=O) groups is 1. The average molecular weight is 382 g/mol. The second-order valence-electron chi connectivity index (χ2n) is 7.57. The molecule has 8 nitrogen and oxygen atoms in total. The van der Waals surface area contributed by atoms with E-state index < -0.39 is 23.5 Å². The second-order valence-corrected chi connectivity index (χ2v) is 7.57. The number of nitriles is 1. The molecule has 3 aromatic rings. The Morgan fingerprint density at radius 3 is 2.68 bits per heavy atom. The topological polar surface area (TPSA) is 116 Å². The molecule has 1 unspecified atom stereocenters. The third kappa shape index (κ3) is 3.70. The van der Waals surface area contributed by atoms with Crippen LogP contribution in [-0.4, -0.2) is 26.9 Å². The monoisotopic (exact) mass is 382 g/mol. The minimum Gasteiger partial charge on any atom is -0.443 e. The first kappa shape index (κ1) is 19.5. The number of oxazole rings is 1. The molecule has 8 heteroatoms. The molecule has 0 aliphatic carbocycles. The lowest BCUT2D eigenvalue weighted by atomic mass is 10.1. The number of fused-ring (bicyclic) bond motifs is 1. The van der Waals surface area contributed by atoms with Crippen molar-refractivity contribution in [3.63, 3.8) is 0 Å². The van der Waals surface area contributed by atoms with Gasteiger partial charge in [-0.1, -0.05) is 0 Å². The molecule has 0 aliphatic rings. The van der Waals surface area contributed by atoms with E-state index in [0.29, 0.717) is 28.1 Å². The van der Waals surface area contributed by atoms with Crippen molar-refractivity contribution in [2.75, 3.05) is 0 Å². The van der Waals surface area contributed by atoms with E-state index in [1.54, 1.807) is 58.2 Å². The zero-order valence-corrected chi connectivity index (χ0v) is 16.2. The smallest absolute Gasteiger partial charge is 0.419 e. The standard InChI is InChI=1S/C20H22N4O4/c1-20(2,3)28-19(26)24-14(10-13(22)11-21)6-7-15(24)12-5-8-17-16(9-12)23(4)18(25)27-17/h5-9,13H,10,22H2,1-4H3. The van der Waals surface area contributed by atoms with Gasteiger partial charge in [0.15, 0.2) is 5.58 Å². The maximum atomic E-state index is 12.9. The van der Waals surface area contributed by atoms with Gasteiger partial charge in [-0.15, -0.1) is 0 Å². The lowest BCUT2D eigenvalue weighted by Crippen LogP contribution is -2.30. The van der Waals surface area contributed by atoms with E-state index in [0.717, 1.165) is 0 Å². The van der Waals surface area contributed by atoms with Gasteiger partial charge in [0.25, 0.3) is 0 Å². The number of ether oxygens (including phenoxy) is 1.